The highest BCUT2D eigenvalue weighted by molar-refractivity contribution is 7.84. The summed E-state index contributed by atoms with van der Waals surface area (Å²) in [4.78, 5) is 34.4. The summed E-state index contributed by atoms with van der Waals surface area (Å²) in [6, 6.07) is 0. The number of nitrogens with one attached hydrogen (secondary N) is 1. The lowest BCUT2D eigenvalue weighted by molar-refractivity contribution is -0.0543. The molecule has 3 fully saturated rings. The summed E-state index contributed by atoms with van der Waals surface area (Å²) in [7, 11) is -9.77. The molecule has 44 heavy (non-hydrogen) atoms. The fraction of sp³-hybridized carbons (Fsp3) is 0.500. The van der Waals surface area contributed by atoms with Gasteiger partial charge in [-0.1, -0.05) is 0 Å². The van der Waals surface area contributed by atoms with Crippen LogP contribution in [-0.4, -0.2) is 107 Å². The van der Waals surface area contributed by atoms with E-state index >= 15 is 4.39 Å². The van der Waals surface area contributed by atoms with E-state index in [1.165, 1.54) is 17.2 Å². The molecule has 3 aliphatic rings. The molecule has 9 unspecified atom stereocenters. The van der Waals surface area contributed by atoms with Gasteiger partial charge in [0.25, 0.3) is 0 Å². The van der Waals surface area contributed by atoms with Crippen molar-refractivity contribution in [1.82, 2.24) is 43.8 Å². The van der Waals surface area contributed by atoms with Gasteiger partial charge in [-0.3, -0.25) is 18.2 Å². The number of aromatic nitrogens is 8. The molecule has 0 saturated carbocycles. The van der Waals surface area contributed by atoms with E-state index in [-0.39, 0.29) is 34.0 Å². The number of nitrogen functional groups attached to an aromatic ring is 2. The van der Waals surface area contributed by atoms with Gasteiger partial charge < -0.3 is 30.9 Å². The van der Waals surface area contributed by atoms with Gasteiger partial charge in [0.1, 0.15) is 54.2 Å². The van der Waals surface area contributed by atoms with Gasteiger partial charge in [-0.2, -0.15) is 13.1 Å². The third-order valence-corrected chi connectivity index (χ3v) is 9.24. The largest absolute Gasteiger partial charge is 0.472 e. The number of rotatable bonds is 2. The summed E-state index contributed by atoms with van der Waals surface area (Å²) in [6.45, 7) is -1.51. The second-order valence-electron chi connectivity index (χ2n) is 9.93. The Kier molecular flexibility index (Phi) is 7.00. The molecule has 24 heteroatoms. The number of hydrogen-bond acceptors (Lipinski definition) is 17. The van der Waals surface area contributed by atoms with Crippen LogP contribution < -0.4 is 16.2 Å². The van der Waals surface area contributed by atoms with E-state index in [0.717, 1.165) is 17.2 Å². The average Bonchev–Trinajstić information content (AvgIpc) is 3.73. The molecule has 9 atom stereocenters. The molecule has 0 amide bonds. The Morgan fingerprint density at radius 2 is 1.52 bits per heavy atom. The second kappa shape index (κ2) is 10.5. The Bertz CT molecular complexity index is 1900. The molecule has 0 radical (unpaired) electrons. The van der Waals surface area contributed by atoms with Gasteiger partial charge in [-0.25, -0.2) is 43.0 Å². The van der Waals surface area contributed by atoms with Gasteiger partial charge in [0.2, 0.25) is 0 Å². The van der Waals surface area contributed by atoms with Gasteiger partial charge in [0.15, 0.2) is 41.6 Å². The third kappa shape index (κ3) is 4.95. The maximum atomic E-state index is 15.9. The zero-order chi connectivity index (χ0) is 31.0. The SMILES string of the molecule is Nc1ncnc2c1ncn2C1OC2COP(=O)(O)OC3C(CNS(=O)(=O)OC2C1O)OC(n1cnc2c(N)ncnc21)C3F. The number of nitrogens with two attached hydrogens (primary N) is 2. The van der Waals surface area contributed by atoms with E-state index in [9.17, 15) is 23.0 Å². The molecule has 3 aliphatic heterocycles. The molecule has 7 heterocycles. The van der Waals surface area contributed by atoms with E-state index in [4.69, 9.17) is 34.2 Å². The van der Waals surface area contributed by atoms with Crippen LogP contribution in [0.4, 0.5) is 16.0 Å². The van der Waals surface area contributed by atoms with Crippen molar-refractivity contribution in [2.75, 3.05) is 24.6 Å². The highest BCUT2D eigenvalue weighted by atomic mass is 32.2. The van der Waals surface area contributed by atoms with Crippen LogP contribution in [0.1, 0.15) is 12.5 Å². The van der Waals surface area contributed by atoms with Gasteiger partial charge >= 0.3 is 18.1 Å². The maximum absolute atomic E-state index is 15.9. The molecule has 0 bridgehead atoms. The first-order valence-electron chi connectivity index (χ1n) is 12.7. The molecule has 21 nitrogen and oxygen atoms in total. The molecule has 7 rings (SSSR count). The van der Waals surface area contributed by atoms with E-state index in [1.807, 2.05) is 0 Å². The summed E-state index contributed by atoms with van der Waals surface area (Å²) in [6.07, 6.45) is -8.51. The Balaban J connectivity index is 1.17. The second-order valence-corrected chi connectivity index (χ2v) is 12.7. The van der Waals surface area contributed by atoms with Crippen LogP contribution in [0.15, 0.2) is 25.3 Å². The first-order valence-corrected chi connectivity index (χ1v) is 15.7. The minimum absolute atomic E-state index is 0.0129. The lowest BCUT2D eigenvalue weighted by atomic mass is 10.1. The Labute approximate surface area is 245 Å². The van der Waals surface area contributed by atoms with E-state index in [0.29, 0.717) is 0 Å². The smallest absolute Gasteiger partial charge is 0.386 e. The van der Waals surface area contributed by atoms with Gasteiger partial charge in [-0.15, -0.1) is 0 Å². The van der Waals surface area contributed by atoms with Crippen LogP contribution in [0.3, 0.4) is 0 Å². The first kappa shape index (κ1) is 29.2. The number of aliphatic hydroxyl groups excluding tert-OH is 1. The standard InChI is InChI=1S/C20H23FN11O10PS/c21-9-13-7(39-19(9)31-5-28-10-15(22)24-3-26-17(10)31)1-30-44(36,37)42-14-8(2-38-43(34,35)41-13)40-20(12(14)33)32-6-29-11-16(23)25-4-27-18(11)32/h3-9,12-14,19-20,30,33H,1-2H2,(H,34,35)(H2,22,24,26)(H2,23,25,27). The number of halogens is 1. The fourth-order valence-electron chi connectivity index (χ4n) is 5.24. The number of phosphoric acid groups is 1. The summed E-state index contributed by atoms with van der Waals surface area (Å²) in [5.74, 6) is 0.0520. The van der Waals surface area contributed by atoms with Crippen LogP contribution in [0, 0.1) is 0 Å². The number of ether oxygens (including phenoxy) is 2. The zero-order valence-corrected chi connectivity index (χ0v) is 23.7. The topological polar surface area (TPSA) is 289 Å². The minimum atomic E-state index is -5.07. The molecule has 4 aromatic heterocycles. The number of imidazole rings is 2. The van der Waals surface area contributed by atoms with E-state index in [2.05, 4.69) is 34.6 Å². The molecule has 3 saturated heterocycles. The predicted molar refractivity (Wildman–Crippen MR) is 141 cm³/mol. The van der Waals surface area contributed by atoms with Crippen molar-refractivity contribution in [3.63, 3.8) is 0 Å². The Morgan fingerprint density at radius 3 is 2.16 bits per heavy atom. The number of alkyl halides is 1. The van der Waals surface area contributed by atoms with Crippen molar-refractivity contribution < 1.29 is 50.1 Å². The number of hydrogen-bond donors (Lipinski definition) is 5. The van der Waals surface area contributed by atoms with Crippen molar-refractivity contribution >= 4 is 52.1 Å². The molecule has 0 aromatic carbocycles. The van der Waals surface area contributed by atoms with Gasteiger partial charge in [0, 0.05) is 6.54 Å². The van der Waals surface area contributed by atoms with Crippen LogP contribution in [0.25, 0.3) is 22.3 Å². The van der Waals surface area contributed by atoms with Crippen LogP contribution in [-0.2, 0) is 37.6 Å². The normalized spacial score (nSPS) is 36.1. The minimum Gasteiger partial charge on any atom is -0.386 e. The number of nitrogens with zero attached hydrogens (tertiary/aromatic N) is 8. The van der Waals surface area contributed by atoms with E-state index in [1.54, 1.807) is 0 Å². The molecule has 7 N–H and O–H groups in total. The zero-order valence-electron chi connectivity index (χ0n) is 22.0. The molecule has 4 aromatic rings. The van der Waals surface area contributed by atoms with Crippen LogP contribution in [0.2, 0.25) is 0 Å². The van der Waals surface area contributed by atoms with Crippen molar-refractivity contribution in [3.8, 4) is 0 Å². The molecule has 236 valence electrons. The Hall–Kier alpha value is -3.51. The van der Waals surface area contributed by atoms with E-state index < -0.39 is 80.4 Å². The quantitative estimate of drug-likeness (QED) is 0.146. The Morgan fingerprint density at radius 1 is 0.932 bits per heavy atom. The van der Waals surface area contributed by atoms with Crippen LogP contribution in [0.5, 0.6) is 0 Å². The summed E-state index contributed by atoms with van der Waals surface area (Å²) < 4.78 is 86.4. The van der Waals surface area contributed by atoms with Crippen molar-refractivity contribution in [2.24, 2.45) is 0 Å². The highest BCUT2D eigenvalue weighted by Gasteiger charge is 2.53. The highest BCUT2D eigenvalue weighted by Crippen LogP contribution is 2.50. The summed E-state index contributed by atoms with van der Waals surface area (Å²) in [5, 5.41) is 11.1. The average molecular weight is 660 g/mol. The number of aliphatic hydroxyl groups is 1. The number of fused-ring (bicyclic) bond motifs is 4. The van der Waals surface area contributed by atoms with Crippen LogP contribution >= 0.6 is 7.82 Å². The maximum Gasteiger partial charge on any atom is 0.472 e. The third-order valence-electron chi connectivity index (χ3n) is 7.25. The van der Waals surface area contributed by atoms with Gasteiger partial charge in [0.05, 0.1) is 19.3 Å². The summed E-state index contributed by atoms with van der Waals surface area (Å²) in [5.41, 5.74) is 12.2. The lowest BCUT2D eigenvalue weighted by Crippen LogP contribution is -2.45. The lowest BCUT2D eigenvalue weighted by Gasteiger charge is -2.26. The predicted octanol–water partition coefficient (Wildman–Crippen LogP) is -1.94. The molecular weight excluding hydrogens is 636 g/mol. The van der Waals surface area contributed by atoms with Gasteiger partial charge in [-0.05, 0) is 0 Å². The van der Waals surface area contributed by atoms with Crippen molar-refractivity contribution in [1.29, 1.82) is 0 Å². The monoisotopic (exact) mass is 659 g/mol. The number of phosphoric ester groups is 1. The molecule has 0 spiro atoms. The van der Waals surface area contributed by atoms with Crippen molar-refractivity contribution in [3.05, 3.63) is 25.3 Å². The molecule has 0 aliphatic carbocycles. The first-order chi connectivity index (χ1) is 20.9. The fourth-order valence-corrected chi connectivity index (χ4v) is 7.16. The van der Waals surface area contributed by atoms with Crippen molar-refractivity contribution in [2.45, 2.75) is 49.1 Å². The summed E-state index contributed by atoms with van der Waals surface area (Å²) >= 11 is 0. The molecular formula is C20H23FN11O10PS. The number of anilines is 2.